The predicted molar refractivity (Wildman–Crippen MR) is 56.6 cm³/mol. The minimum absolute atomic E-state index is 0.859. The molecule has 1 heterocycles. The van der Waals surface area contributed by atoms with E-state index in [1.807, 2.05) is 25.2 Å². The van der Waals surface area contributed by atoms with Crippen LogP contribution in [0.25, 0.3) is 11.0 Å². The number of methoxy groups -OCH3 is 1. The van der Waals surface area contributed by atoms with Crippen LogP contribution in [0.15, 0.2) is 18.2 Å². The molecule has 0 atom stereocenters. The average molecular weight is 190 g/mol. The summed E-state index contributed by atoms with van der Waals surface area (Å²) in [6, 6.07) is 5.97. The van der Waals surface area contributed by atoms with Crippen LogP contribution in [0.1, 0.15) is 12.7 Å². The highest BCUT2D eigenvalue weighted by Crippen LogP contribution is 2.20. The normalized spacial score (nSPS) is 10.8. The second-order valence-electron chi connectivity index (χ2n) is 3.30. The van der Waals surface area contributed by atoms with Gasteiger partial charge in [-0.15, -0.1) is 0 Å². The summed E-state index contributed by atoms with van der Waals surface area (Å²) in [4.78, 5) is 4.52. The SMILES string of the molecule is CCc1nc2cc(OC)ccc2n1C. The Kier molecular flexibility index (Phi) is 2.15. The average Bonchev–Trinajstić information content (AvgIpc) is 2.55. The van der Waals surface area contributed by atoms with Crippen molar-refractivity contribution < 1.29 is 4.74 Å². The van der Waals surface area contributed by atoms with E-state index in [2.05, 4.69) is 16.5 Å². The molecule has 0 spiro atoms. The smallest absolute Gasteiger partial charge is 0.121 e. The van der Waals surface area contributed by atoms with Crippen molar-refractivity contribution >= 4 is 11.0 Å². The molecule has 3 nitrogen and oxygen atoms in total. The molecule has 0 fully saturated rings. The van der Waals surface area contributed by atoms with E-state index in [4.69, 9.17) is 4.74 Å². The van der Waals surface area contributed by atoms with Gasteiger partial charge >= 0.3 is 0 Å². The molecule has 14 heavy (non-hydrogen) atoms. The lowest BCUT2D eigenvalue weighted by atomic mass is 10.3. The maximum Gasteiger partial charge on any atom is 0.121 e. The molecular weight excluding hydrogens is 176 g/mol. The fraction of sp³-hybridized carbons (Fsp3) is 0.364. The largest absolute Gasteiger partial charge is 0.497 e. The second kappa shape index (κ2) is 3.33. The third-order valence-corrected chi connectivity index (χ3v) is 2.50. The zero-order valence-corrected chi connectivity index (χ0v) is 8.74. The van der Waals surface area contributed by atoms with Crippen LogP contribution in [-0.2, 0) is 13.5 Å². The topological polar surface area (TPSA) is 27.1 Å². The van der Waals surface area contributed by atoms with Gasteiger partial charge in [-0.1, -0.05) is 6.92 Å². The molecule has 1 aromatic heterocycles. The lowest BCUT2D eigenvalue weighted by molar-refractivity contribution is 0.415. The van der Waals surface area contributed by atoms with E-state index < -0.39 is 0 Å². The Morgan fingerprint density at radius 1 is 1.43 bits per heavy atom. The molecule has 2 rings (SSSR count). The maximum atomic E-state index is 5.16. The Bertz CT molecular complexity index is 460. The molecule has 0 N–H and O–H groups in total. The summed E-state index contributed by atoms with van der Waals surface area (Å²) >= 11 is 0. The van der Waals surface area contributed by atoms with Gasteiger partial charge < -0.3 is 9.30 Å². The van der Waals surface area contributed by atoms with Crippen LogP contribution >= 0.6 is 0 Å². The second-order valence-corrected chi connectivity index (χ2v) is 3.30. The van der Waals surface area contributed by atoms with Gasteiger partial charge in [0.15, 0.2) is 0 Å². The summed E-state index contributed by atoms with van der Waals surface area (Å²) in [5.41, 5.74) is 2.16. The van der Waals surface area contributed by atoms with Crippen molar-refractivity contribution in [1.29, 1.82) is 0 Å². The molecule has 0 amide bonds. The van der Waals surface area contributed by atoms with Gasteiger partial charge in [0, 0.05) is 19.5 Å². The van der Waals surface area contributed by atoms with E-state index in [9.17, 15) is 0 Å². The highest BCUT2D eigenvalue weighted by molar-refractivity contribution is 5.77. The van der Waals surface area contributed by atoms with Crippen molar-refractivity contribution in [2.24, 2.45) is 7.05 Å². The summed E-state index contributed by atoms with van der Waals surface area (Å²) < 4.78 is 7.28. The summed E-state index contributed by atoms with van der Waals surface area (Å²) in [5.74, 6) is 1.96. The van der Waals surface area contributed by atoms with E-state index in [0.29, 0.717) is 0 Å². The Hall–Kier alpha value is -1.51. The van der Waals surface area contributed by atoms with Crippen molar-refractivity contribution in [3.63, 3.8) is 0 Å². The monoisotopic (exact) mass is 190 g/mol. The number of ether oxygens (including phenoxy) is 1. The molecule has 1 aromatic carbocycles. The number of imidazole rings is 1. The third-order valence-electron chi connectivity index (χ3n) is 2.50. The Morgan fingerprint density at radius 2 is 2.21 bits per heavy atom. The third kappa shape index (κ3) is 1.25. The Balaban J connectivity index is 2.66. The molecule has 2 aromatic rings. The van der Waals surface area contributed by atoms with Gasteiger partial charge in [-0.2, -0.15) is 0 Å². The minimum atomic E-state index is 0.859. The van der Waals surface area contributed by atoms with Gasteiger partial charge in [-0.3, -0.25) is 0 Å². The lowest BCUT2D eigenvalue weighted by Gasteiger charge is -1.99. The first-order valence-corrected chi connectivity index (χ1v) is 4.75. The van der Waals surface area contributed by atoms with Crippen molar-refractivity contribution in [3.05, 3.63) is 24.0 Å². The van der Waals surface area contributed by atoms with E-state index in [0.717, 1.165) is 29.0 Å². The first-order chi connectivity index (χ1) is 6.76. The predicted octanol–water partition coefficient (Wildman–Crippen LogP) is 2.14. The molecule has 0 aliphatic heterocycles. The fourth-order valence-corrected chi connectivity index (χ4v) is 1.67. The number of aromatic nitrogens is 2. The van der Waals surface area contributed by atoms with Crippen molar-refractivity contribution in [2.75, 3.05) is 7.11 Å². The van der Waals surface area contributed by atoms with Gasteiger partial charge in [0.1, 0.15) is 11.6 Å². The van der Waals surface area contributed by atoms with Gasteiger partial charge in [0.2, 0.25) is 0 Å². The summed E-state index contributed by atoms with van der Waals surface area (Å²) in [6.07, 6.45) is 0.952. The molecule has 0 bridgehead atoms. The maximum absolute atomic E-state index is 5.16. The number of rotatable bonds is 2. The molecule has 3 heteroatoms. The number of aryl methyl sites for hydroxylation is 2. The highest BCUT2D eigenvalue weighted by Gasteiger charge is 2.06. The molecule has 0 saturated carbocycles. The van der Waals surface area contributed by atoms with Crippen LogP contribution in [0.4, 0.5) is 0 Å². The van der Waals surface area contributed by atoms with Crippen LogP contribution in [0.2, 0.25) is 0 Å². The van der Waals surface area contributed by atoms with Crippen molar-refractivity contribution in [1.82, 2.24) is 9.55 Å². The van der Waals surface area contributed by atoms with Crippen molar-refractivity contribution in [2.45, 2.75) is 13.3 Å². The molecule has 74 valence electrons. The number of fused-ring (bicyclic) bond motifs is 1. The molecular formula is C11H14N2O. The fourth-order valence-electron chi connectivity index (χ4n) is 1.67. The van der Waals surface area contributed by atoms with Crippen LogP contribution in [0.5, 0.6) is 5.75 Å². The van der Waals surface area contributed by atoms with E-state index in [-0.39, 0.29) is 0 Å². The van der Waals surface area contributed by atoms with Gasteiger partial charge in [0.05, 0.1) is 18.1 Å². The summed E-state index contributed by atoms with van der Waals surface area (Å²) in [5, 5.41) is 0. The number of hydrogen-bond acceptors (Lipinski definition) is 2. The first kappa shape index (κ1) is 9.06. The van der Waals surface area contributed by atoms with E-state index in [1.165, 1.54) is 0 Å². The molecule has 0 radical (unpaired) electrons. The van der Waals surface area contributed by atoms with Gasteiger partial charge in [-0.25, -0.2) is 4.98 Å². The first-order valence-electron chi connectivity index (χ1n) is 4.75. The highest BCUT2D eigenvalue weighted by atomic mass is 16.5. The van der Waals surface area contributed by atoms with E-state index >= 15 is 0 Å². The number of nitrogens with zero attached hydrogens (tertiary/aromatic N) is 2. The lowest BCUT2D eigenvalue weighted by Crippen LogP contribution is -1.94. The summed E-state index contributed by atoms with van der Waals surface area (Å²) in [6.45, 7) is 2.11. The van der Waals surface area contributed by atoms with Gasteiger partial charge in [0.25, 0.3) is 0 Å². The van der Waals surface area contributed by atoms with Crippen molar-refractivity contribution in [3.8, 4) is 5.75 Å². The van der Waals surface area contributed by atoms with Crippen LogP contribution < -0.4 is 4.74 Å². The van der Waals surface area contributed by atoms with Crippen LogP contribution in [0, 0.1) is 0 Å². The minimum Gasteiger partial charge on any atom is -0.497 e. The molecule has 0 aliphatic rings. The van der Waals surface area contributed by atoms with Crippen LogP contribution in [-0.4, -0.2) is 16.7 Å². The van der Waals surface area contributed by atoms with Crippen LogP contribution in [0.3, 0.4) is 0 Å². The Morgan fingerprint density at radius 3 is 2.86 bits per heavy atom. The molecule has 0 saturated heterocycles. The standard InChI is InChI=1S/C11H14N2O/c1-4-11-12-9-7-8(14-3)5-6-10(9)13(11)2/h5-7H,4H2,1-3H3. The summed E-state index contributed by atoms with van der Waals surface area (Å²) in [7, 11) is 3.71. The zero-order chi connectivity index (χ0) is 10.1. The number of hydrogen-bond donors (Lipinski definition) is 0. The quantitative estimate of drug-likeness (QED) is 0.725. The van der Waals surface area contributed by atoms with Gasteiger partial charge in [-0.05, 0) is 12.1 Å². The molecule has 0 unspecified atom stereocenters. The Labute approximate surface area is 83.3 Å². The number of benzene rings is 1. The zero-order valence-electron chi connectivity index (χ0n) is 8.74. The molecule has 0 aliphatic carbocycles. The van der Waals surface area contributed by atoms with E-state index in [1.54, 1.807) is 7.11 Å².